The third-order valence-corrected chi connectivity index (χ3v) is 7.39. The molecule has 0 aliphatic carbocycles. The molecule has 188 valence electrons. The number of aromatic nitrogens is 3. The summed E-state index contributed by atoms with van der Waals surface area (Å²) in [6.45, 7) is 3.87. The highest BCUT2D eigenvalue weighted by Crippen LogP contribution is 2.42. The molecule has 0 bridgehead atoms. The number of rotatable bonds is 5. The van der Waals surface area contributed by atoms with Crippen LogP contribution in [-0.4, -0.2) is 16.2 Å². The summed E-state index contributed by atoms with van der Waals surface area (Å²) in [4.78, 5) is 9.78. The molecule has 9 heteroatoms. The number of pyridine rings is 1. The molecule has 0 aliphatic heterocycles. The van der Waals surface area contributed by atoms with Gasteiger partial charge in [0, 0.05) is 16.8 Å². The Bertz CT molecular complexity index is 1850. The van der Waals surface area contributed by atoms with Crippen molar-refractivity contribution in [1.82, 2.24) is 10.3 Å². The van der Waals surface area contributed by atoms with E-state index in [1.165, 1.54) is 12.1 Å². The molecule has 3 heterocycles. The van der Waals surface area contributed by atoms with Gasteiger partial charge in [0.15, 0.2) is 6.04 Å². The highest BCUT2D eigenvalue weighted by atomic mass is 32.1. The van der Waals surface area contributed by atoms with Crippen molar-refractivity contribution in [1.29, 1.82) is 0 Å². The molecule has 0 spiro atoms. The first kappa shape index (κ1) is 23.7. The first-order valence-electron chi connectivity index (χ1n) is 12.0. The molecule has 0 saturated carbocycles. The standard InChI is InChI=1S/C29H22FN5O2S/c1-16(2)35-15-24(37-34-35)33-28(36)27-26(31)25-22(18-9-5-10-19(30)13-18)14-23(32-29(25)38-27)21-12-6-8-17-7-3-4-11-20(17)21/h3-16H,1-2H3,(H2-,31,33,34,36). The Labute approximate surface area is 221 Å². The zero-order chi connectivity index (χ0) is 26.4. The smallest absolute Gasteiger partial charge is 0.320 e. The second kappa shape index (κ2) is 9.35. The number of thiophene rings is 1. The minimum absolute atomic E-state index is 0.0534. The van der Waals surface area contributed by atoms with Gasteiger partial charge in [-0.2, -0.15) is 0 Å². The summed E-state index contributed by atoms with van der Waals surface area (Å²) >= 11 is 1.15. The lowest BCUT2D eigenvalue weighted by molar-refractivity contribution is -0.779. The van der Waals surface area contributed by atoms with Crippen molar-refractivity contribution < 1.29 is 18.7 Å². The fourth-order valence-electron chi connectivity index (χ4n) is 4.44. The predicted molar refractivity (Wildman–Crippen MR) is 146 cm³/mol. The van der Waals surface area contributed by atoms with Crippen LogP contribution in [0.1, 0.15) is 24.8 Å². The number of aliphatic imine (C=N–C) groups is 1. The van der Waals surface area contributed by atoms with Crippen molar-refractivity contribution in [2.45, 2.75) is 19.9 Å². The van der Waals surface area contributed by atoms with E-state index >= 15 is 0 Å². The quantitative estimate of drug-likeness (QED) is 0.175. The first-order valence-corrected chi connectivity index (χ1v) is 12.8. The maximum Gasteiger partial charge on any atom is 0.320 e. The molecular weight excluding hydrogens is 501 g/mol. The lowest BCUT2D eigenvalue weighted by Crippen LogP contribution is -2.36. The first-order chi connectivity index (χ1) is 18.4. The van der Waals surface area contributed by atoms with Crippen molar-refractivity contribution in [3.63, 3.8) is 0 Å². The van der Waals surface area contributed by atoms with Gasteiger partial charge in [-0.1, -0.05) is 54.6 Å². The number of benzene rings is 3. The van der Waals surface area contributed by atoms with Crippen LogP contribution in [0.4, 0.5) is 16.0 Å². The summed E-state index contributed by atoms with van der Waals surface area (Å²) in [5.74, 6) is -0.854. The van der Waals surface area contributed by atoms with Crippen LogP contribution in [0.2, 0.25) is 0 Å². The fourth-order valence-corrected chi connectivity index (χ4v) is 5.45. The molecule has 0 atom stereocenters. The predicted octanol–water partition coefficient (Wildman–Crippen LogP) is 5.80. The van der Waals surface area contributed by atoms with Crippen LogP contribution in [-0.2, 0) is 0 Å². The van der Waals surface area contributed by atoms with Crippen LogP contribution in [0.25, 0.3) is 43.4 Å². The van der Waals surface area contributed by atoms with Crippen molar-refractivity contribution in [3.8, 4) is 22.4 Å². The van der Waals surface area contributed by atoms with Crippen LogP contribution in [0, 0.1) is 5.82 Å². The number of halogens is 1. The zero-order valence-corrected chi connectivity index (χ0v) is 21.4. The van der Waals surface area contributed by atoms with Crippen LogP contribution in [0.3, 0.4) is 0 Å². The number of hydrogen-bond acceptors (Lipinski definition) is 7. The Kier molecular flexibility index (Phi) is 5.84. The van der Waals surface area contributed by atoms with Gasteiger partial charge in [-0.05, 0) is 58.6 Å². The van der Waals surface area contributed by atoms with Crippen molar-refractivity contribution in [3.05, 3.63) is 89.7 Å². The zero-order valence-electron chi connectivity index (χ0n) is 20.6. The van der Waals surface area contributed by atoms with Gasteiger partial charge in [-0.15, -0.1) is 11.3 Å². The lowest BCUT2D eigenvalue weighted by Gasteiger charge is -2.11. The summed E-state index contributed by atoms with van der Waals surface area (Å²) in [6, 6.07) is 22.3. The van der Waals surface area contributed by atoms with Crippen LogP contribution in [0.15, 0.2) is 88.5 Å². The number of hydrogen-bond donors (Lipinski definition) is 1. The van der Waals surface area contributed by atoms with E-state index in [0.717, 1.165) is 27.7 Å². The largest absolute Gasteiger partial charge is 0.857 e. The molecule has 3 aromatic carbocycles. The van der Waals surface area contributed by atoms with E-state index in [-0.39, 0.29) is 28.3 Å². The molecular formula is C29H22FN5O2S. The summed E-state index contributed by atoms with van der Waals surface area (Å²) < 4.78 is 21.0. The number of nitrogens with zero attached hydrogens (tertiary/aromatic N) is 4. The lowest BCUT2D eigenvalue weighted by atomic mass is 9.97. The Hall–Kier alpha value is -4.63. The van der Waals surface area contributed by atoms with Crippen LogP contribution < -0.4 is 15.5 Å². The molecule has 0 aliphatic rings. The monoisotopic (exact) mass is 523 g/mol. The maximum absolute atomic E-state index is 14.3. The molecule has 38 heavy (non-hydrogen) atoms. The van der Waals surface area contributed by atoms with Gasteiger partial charge < -0.3 is 10.8 Å². The fraction of sp³-hybridized carbons (Fsp3) is 0.103. The normalized spacial score (nSPS) is 12.2. The van der Waals surface area contributed by atoms with Gasteiger partial charge >= 0.3 is 5.88 Å². The van der Waals surface area contributed by atoms with Gasteiger partial charge in [-0.3, -0.25) is 4.52 Å². The second-order valence-electron chi connectivity index (χ2n) is 9.15. The molecule has 0 unspecified atom stereocenters. The number of fused-ring (bicyclic) bond motifs is 2. The molecule has 2 N–H and O–H groups in total. The van der Waals surface area contributed by atoms with Crippen LogP contribution in [0.5, 0.6) is 0 Å². The maximum atomic E-state index is 14.3. The highest BCUT2D eigenvalue weighted by Gasteiger charge is 2.20. The molecule has 6 aromatic rings. The summed E-state index contributed by atoms with van der Waals surface area (Å²) in [5, 5.41) is 19.8. The molecule has 0 amide bonds. The number of nitrogen functional groups attached to an aromatic ring is 1. The van der Waals surface area contributed by atoms with Gasteiger partial charge in [0.05, 0.1) is 16.3 Å². The van der Waals surface area contributed by atoms with Gasteiger partial charge in [0.25, 0.3) is 6.20 Å². The summed E-state index contributed by atoms with van der Waals surface area (Å²) in [7, 11) is 0. The van der Waals surface area contributed by atoms with Gasteiger partial charge in [0.1, 0.15) is 10.6 Å². The molecule has 0 radical (unpaired) electrons. The number of nitrogens with two attached hydrogens (primary N) is 1. The Balaban J connectivity index is 1.58. The van der Waals surface area contributed by atoms with E-state index in [4.69, 9.17) is 15.2 Å². The highest BCUT2D eigenvalue weighted by molar-refractivity contribution is 7.21. The molecule has 0 fully saturated rings. The van der Waals surface area contributed by atoms with Crippen molar-refractivity contribution >= 4 is 49.8 Å². The molecule has 7 nitrogen and oxygen atoms in total. The number of anilines is 1. The second-order valence-corrected chi connectivity index (χ2v) is 10.1. The van der Waals surface area contributed by atoms with E-state index in [2.05, 4.69) is 10.3 Å². The molecule has 6 rings (SSSR count). The minimum atomic E-state index is -0.561. The average molecular weight is 524 g/mol. The van der Waals surface area contributed by atoms with E-state index in [9.17, 15) is 9.50 Å². The Morgan fingerprint density at radius 2 is 1.84 bits per heavy atom. The van der Waals surface area contributed by atoms with E-state index < -0.39 is 5.90 Å². The Morgan fingerprint density at radius 1 is 1.05 bits per heavy atom. The summed E-state index contributed by atoms with van der Waals surface area (Å²) in [5.41, 5.74) is 9.72. The minimum Gasteiger partial charge on any atom is -0.857 e. The average Bonchev–Trinajstić information content (AvgIpc) is 3.52. The van der Waals surface area contributed by atoms with Gasteiger partial charge in [0.2, 0.25) is 5.27 Å². The van der Waals surface area contributed by atoms with E-state index in [1.54, 1.807) is 16.9 Å². The Morgan fingerprint density at radius 3 is 2.63 bits per heavy atom. The van der Waals surface area contributed by atoms with Crippen LogP contribution >= 0.6 is 11.3 Å². The molecule has 0 saturated heterocycles. The topological polar surface area (TPSA) is 104 Å². The third kappa shape index (κ3) is 4.16. The molecule has 3 aromatic heterocycles. The van der Waals surface area contributed by atoms with Gasteiger partial charge in [-0.25, -0.2) is 14.4 Å². The third-order valence-electron chi connectivity index (χ3n) is 6.31. The SMILES string of the molecule is CC(C)[n+]1cc(/N=C(\[O-])c2sc3nc(-c4cccc5ccccc45)cc(-c4cccc(F)c4)c3c2N)on1. The van der Waals surface area contributed by atoms with Crippen molar-refractivity contribution in [2.24, 2.45) is 4.99 Å². The summed E-state index contributed by atoms with van der Waals surface area (Å²) in [6.07, 6.45) is 1.56. The van der Waals surface area contributed by atoms with E-state index in [0.29, 0.717) is 27.0 Å². The van der Waals surface area contributed by atoms with E-state index in [1.807, 2.05) is 68.4 Å². The van der Waals surface area contributed by atoms with Crippen molar-refractivity contribution in [2.75, 3.05) is 5.73 Å².